The maximum Gasteiger partial charge on any atom is 0.0233 e. The summed E-state index contributed by atoms with van der Waals surface area (Å²) in [5.74, 6) is 0.815. The third-order valence-corrected chi connectivity index (χ3v) is 4.80. The molecule has 2 nitrogen and oxygen atoms in total. The van der Waals surface area contributed by atoms with Crippen LogP contribution in [0.25, 0.3) is 0 Å². The van der Waals surface area contributed by atoms with Gasteiger partial charge in [-0.1, -0.05) is 37.3 Å². The minimum atomic E-state index is 0.815. The normalized spacial score (nSPS) is 29.7. The molecule has 2 unspecified atom stereocenters. The first-order valence-electron chi connectivity index (χ1n) is 7.83. The molecule has 1 aromatic carbocycles. The highest BCUT2D eigenvalue weighted by atomic mass is 15.2. The van der Waals surface area contributed by atoms with Crippen LogP contribution in [-0.2, 0) is 6.54 Å². The Hall–Kier alpha value is -0.860. The van der Waals surface area contributed by atoms with E-state index in [-0.39, 0.29) is 0 Å². The van der Waals surface area contributed by atoms with Gasteiger partial charge in [0.1, 0.15) is 0 Å². The summed E-state index contributed by atoms with van der Waals surface area (Å²) in [6.07, 6.45) is 4.18. The van der Waals surface area contributed by atoms with Crippen LogP contribution in [0.3, 0.4) is 0 Å². The zero-order valence-electron chi connectivity index (χ0n) is 12.1. The van der Waals surface area contributed by atoms with Crippen molar-refractivity contribution in [2.75, 3.05) is 26.2 Å². The molecule has 2 fully saturated rings. The Bertz CT molecular complexity index is 384. The molecule has 3 rings (SSSR count). The second kappa shape index (κ2) is 6.06. The van der Waals surface area contributed by atoms with Crippen LogP contribution in [0.2, 0.25) is 0 Å². The largest absolute Gasteiger partial charge is 0.300 e. The van der Waals surface area contributed by atoms with Crippen LogP contribution in [0.15, 0.2) is 30.3 Å². The highest BCUT2D eigenvalue weighted by Crippen LogP contribution is 2.26. The maximum atomic E-state index is 2.74. The van der Waals surface area contributed by atoms with Crippen LogP contribution in [0.5, 0.6) is 0 Å². The molecule has 0 spiro atoms. The van der Waals surface area contributed by atoms with Crippen molar-refractivity contribution in [3.8, 4) is 0 Å². The zero-order valence-corrected chi connectivity index (χ0v) is 12.1. The van der Waals surface area contributed by atoms with Gasteiger partial charge < -0.3 is 4.90 Å². The quantitative estimate of drug-likeness (QED) is 0.822. The standard InChI is InChI=1S/C17H26N2/c1-15-13-18(14-16-7-3-2-4-8-16)12-9-17(15)19-10-5-6-11-19/h2-4,7-8,15,17H,5-6,9-14H2,1H3. The van der Waals surface area contributed by atoms with E-state index in [0.29, 0.717) is 0 Å². The number of hydrogen-bond acceptors (Lipinski definition) is 2. The highest BCUT2D eigenvalue weighted by Gasteiger charge is 2.31. The van der Waals surface area contributed by atoms with Gasteiger partial charge in [0.15, 0.2) is 0 Å². The van der Waals surface area contributed by atoms with Crippen LogP contribution in [0.1, 0.15) is 31.7 Å². The van der Waals surface area contributed by atoms with Crippen molar-refractivity contribution in [1.29, 1.82) is 0 Å². The number of piperidine rings is 1. The van der Waals surface area contributed by atoms with Crippen molar-refractivity contribution in [3.63, 3.8) is 0 Å². The zero-order chi connectivity index (χ0) is 13.1. The monoisotopic (exact) mass is 258 g/mol. The van der Waals surface area contributed by atoms with Gasteiger partial charge in [0, 0.05) is 19.1 Å². The summed E-state index contributed by atoms with van der Waals surface area (Å²) in [4.78, 5) is 5.37. The van der Waals surface area contributed by atoms with Gasteiger partial charge in [0.2, 0.25) is 0 Å². The summed E-state index contributed by atoms with van der Waals surface area (Å²) in [6, 6.07) is 11.7. The molecule has 0 amide bonds. The molecule has 0 aromatic heterocycles. The lowest BCUT2D eigenvalue weighted by molar-refractivity contribution is 0.0748. The van der Waals surface area contributed by atoms with E-state index < -0.39 is 0 Å². The lowest BCUT2D eigenvalue weighted by Crippen LogP contribution is -2.48. The number of benzene rings is 1. The van der Waals surface area contributed by atoms with Crippen molar-refractivity contribution in [3.05, 3.63) is 35.9 Å². The smallest absolute Gasteiger partial charge is 0.0233 e. The van der Waals surface area contributed by atoms with Crippen LogP contribution < -0.4 is 0 Å². The first-order chi connectivity index (χ1) is 9.33. The average molecular weight is 258 g/mol. The predicted octanol–water partition coefficient (Wildman–Crippen LogP) is 2.99. The van der Waals surface area contributed by atoms with E-state index in [1.54, 1.807) is 0 Å². The fourth-order valence-electron chi connectivity index (χ4n) is 3.82. The minimum absolute atomic E-state index is 0.815. The van der Waals surface area contributed by atoms with E-state index >= 15 is 0 Å². The lowest BCUT2D eigenvalue weighted by atomic mass is 9.92. The average Bonchev–Trinajstić information content (AvgIpc) is 2.94. The Morgan fingerprint density at radius 1 is 1.05 bits per heavy atom. The summed E-state index contributed by atoms with van der Waals surface area (Å²) in [5.41, 5.74) is 1.45. The van der Waals surface area contributed by atoms with Crippen molar-refractivity contribution >= 4 is 0 Å². The Labute approximate surface area is 117 Å². The third-order valence-electron chi connectivity index (χ3n) is 4.80. The molecule has 2 aliphatic rings. The first kappa shape index (κ1) is 13.1. The molecule has 0 radical (unpaired) electrons. The summed E-state index contributed by atoms with van der Waals surface area (Å²) in [6.45, 7) is 8.77. The van der Waals surface area contributed by atoms with Gasteiger partial charge in [-0.25, -0.2) is 0 Å². The molecule has 0 saturated carbocycles. The van der Waals surface area contributed by atoms with E-state index in [1.165, 1.54) is 51.0 Å². The molecule has 104 valence electrons. The molecule has 2 saturated heterocycles. The fraction of sp³-hybridized carbons (Fsp3) is 0.647. The minimum Gasteiger partial charge on any atom is -0.300 e. The van der Waals surface area contributed by atoms with Crippen molar-refractivity contribution in [2.45, 2.75) is 38.8 Å². The van der Waals surface area contributed by atoms with E-state index in [0.717, 1.165) is 18.5 Å². The molecule has 0 bridgehead atoms. The van der Waals surface area contributed by atoms with Crippen molar-refractivity contribution < 1.29 is 0 Å². The molecule has 2 heterocycles. The molecular weight excluding hydrogens is 232 g/mol. The number of rotatable bonds is 3. The van der Waals surface area contributed by atoms with E-state index in [4.69, 9.17) is 0 Å². The van der Waals surface area contributed by atoms with E-state index in [1.807, 2.05) is 0 Å². The van der Waals surface area contributed by atoms with Gasteiger partial charge in [-0.15, -0.1) is 0 Å². The second-order valence-corrected chi connectivity index (χ2v) is 6.30. The van der Waals surface area contributed by atoms with Crippen LogP contribution in [0.4, 0.5) is 0 Å². The molecule has 0 N–H and O–H groups in total. The summed E-state index contributed by atoms with van der Waals surface area (Å²) in [5, 5.41) is 0. The van der Waals surface area contributed by atoms with Crippen LogP contribution in [0, 0.1) is 5.92 Å². The highest BCUT2D eigenvalue weighted by molar-refractivity contribution is 5.14. The summed E-state index contributed by atoms with van der Waals surface area (Å²) < 4.78 is 0. The third kappa shape index (κ3) is 3.18. The lowest BCUT2D eigenvalue weighted by Gasteiger charge is -2.41. The van der Waals surface area contributed by atoms with Gasteiger partial charge in [0.25, 0.3) is 0 Å². The van der Waals surface area contributed by atoms with Crippen molar-refractivity contribution in [2.24, 2.45) is 5.92 Å². The maximum absolute atomic E-state index is 2.74. The summed E-state index contributed by atoms with van der Waals surface area (Å²) >= 11 is 0. The van der Waals surface area contributed by atoms with E-state index in [2.05, 4.69) is 47.1 Å². The fourth-order valence-corrected chi connectivity index (χ4v) is 3.82. The Balaban J connectivity index is 1.55. The van der Waals surface area contributed by atoms with E-state index in [9.17, 15) is 0 Å². The Kier molecular flexibility index (Phi) is 4.19. The van der Waals surface area contributed by atoms with Gasteiger partial charge in [-0.05, 0) is 50.4 Å². The topological polar surface area (TPSA) is 6.48 Å². The first-order valence-corrected chi connectivity index (χ1v) is 7.83. The summed E-state index contributed by atoms with van der Waals surface area (Å²) in [7, 11) is 0. The van der Waals surface area contributed by atoms with Crippen LogP contribution in [-0.4, -0.2) is 42.0 Å². The van der Waals surface area contributed by atoms with Gasteiger partial charge >= 0.3 is 0 Å². The molecule has 0 aliphatic carbocycles. The van der Waals surface area contributed by atoms with Gasteiger partial charge in [-0.2, -0.15) is 0 Å². The second-order valence-electron chi connectivity index (χ2n) is 6.30. The van der Waals surface area contributed by atoms with Crippen molar-refractivity contribution in [1.82, 2.24) is 9.80 Å². The molecular formula is C17H26N2. The number of likely N-dealkylation sites (tertiary alicyclic amines) is 2. The SMILES string of the molecule is CC1CN(Cc2ccccc2)CCC1N1CCCC1. The predicted molar refractivity (Wildman–Crippen MR) is 80.1 cm³/mol. The molecule has 2 aliphatic heterocycles. The Morgan fingerprint density at radius 3 is 2.47 bits per heavy atom. The molecule has 1 aromatic rings. The Morgan fingerprint density at radius 2 is 1.79 bits per heavy atom. The number of hydrogen-bond donors (Lipinski definition) is 0. The molecule has 19 heavy (non-hydrogen) atoms. The number of nitrogens with zero attached hydrogens (tertiary/aromatic N) is 2. The molecule has 2 atom stereocenters. The van der Waals surface area contributed by atoms with Gasteiger partial charge in [-0.3, -0.25) is 4.90 Å². The van der Waals surface area contributed by atoms with Gasteiger partial charge in [0.05, 0.1) is 0 Å². The van der Waals surface area contributed by atoms with Crippen LogP contribution >= 0.6 is 0 Å². The molecule has 2 heteroatoms.